The molecule has 0 amide bonds. The van der Waals surface area contributed by atoms with Crippen LogP contribution in [0.15, 0.2) is 59.1 Å². The smallest absolute Gasteiger partial charge is 0.174 e. The van der Waals surface area contributed by atoms with Gasteiger partial charge >= 0.3 is 0 Å². The van der Waals surface area contributed by atoms with Gasteiger partial charge in [-0.25, -0.2) is 0 Å². The van der Waals surface area contributed by atoms with Crippen LogP contribution in [0.2, 0.25) is 0 Å². The summed E-state index contributed by atoms with van der Waals surface area (Å²) in [6, 6.07) is 19.7. The zero-order chi connectivity index (χ0) is 24.3. The number of hydrogen-bond acceptors (Lipinski definition) is 3. The van der Waals surface area contributed by atoms with Gasteiger partial charge in [-0.2, -0.15) is 0 Å². The summed E-state index contributed by atoms with van der Waals surface area (Å²) in [6.45, 7) is 18.0. The molecule has 0 atom stereocenters. The van der Waals surface area contributed by atoms with E-state index in [1.165, 1.54) is 33.4 Å². The standard InChI is InChI=1S/C30H37NOS/c1-18(2)22-12-9-13-23(19(3)4)28(22)26-16-11-17-27(30(26)32-31-33)29-24(20(5)6)14-10-15-25(29)21(7)8/h9-21H,1-8H3. The van der Waals surface area contributed by atoms with Crippen LogP contribution in [-0.4, -0.2) is 0 Å². The first-order valence-electron chi connectivity index (χ1n) is 12.1. The lowest BCUT2D eigenvalue weighted by Crippen LogP contribution is -2.04. The molecular weight excluding hydrogens is 422 g/mol. The molecule has 0 N–H and O–H groups in total. The Balaban J connectivity index is 2.46. The molecule has 0 saturated heterocycles. The molecule has 174 valence electrons. The second kappa shape index (κ2) is 10.6. The number of para-hydroxylation sites is 1. The summed E-state index contributed by atoms with van der Waals surface area (Å²) in [5.74, 6) is 2.27. The molecule has 2 nitrogen and oxygen atoms in total. The maximum atomic E-state index is 5.96. The van der Waals surface area contributed by atoms with Gasteiger partial charge in [0.1, 0.15) is 0 Å². The number of hydrogen-bond donors (Lipinski definition) is 0. The Hall–Kier alpha value is -2.52. The highest BCUT2D eigenvalue weighted by Gasteiger charge is 2.24. The number of benzene rings is 3. The van der Waals surface area contributed by atoms with E-state index in [2.05, 4.69) is 115 Å². The van der Waals surface area contributed by atoms with Crippen LogP contribution in [-0.2, 0) is 12.4 Å². The Morgan fingerprint density at radius 2 is 0.848 bits per heavy atom. The van der Waals surface area contributed by atoms with E-state index in [9.17, 15) is 0 Å². The van der Waals surface area contributed by atoms with Crippen LogP contribution < -0.4 is 4.84 Å². The van der Waals surface area contributed by atoms with E-state index in [1.807, 2.05) is 0 Å². The number of nitrogens with zero attached hydrogens (tertiary/aromatic N) is 1. The molecule has 3 rings (SSSR count). The van der Waals surface area contributed by atoms with Crippen LogP contribution in [0.4, 0.5) is 0 Å². The van der Waals surface area contributed by atoms with Gasteiger partial charge in [0, 0.05) is 11.1 Å². The van der Waals surface area contributed by atoms with Gasteiger partial charge in [-0.1, -0.05) is 110 Å². The van der Waals surface area contributed by atoms with Crippen molar-refractivity contribution in [2.24, 2.45) is 4.53 Å². The molecule has 0 aliphatic carbocycles. The van der Waals surface area contributed by atoms with Crippen LogP contribution in [0.1, 0.15) is 101 Å². The zero-order valence-electron chi connectivity index (χ0n) is 21.3. The van der Waals surface area contributed by atoms with Gasteiger partial charge in [-0.3, -0.25) is 0 Å². The van der Waals surface area contributed by atoms with Crippen molar-refractivity contribution < 1.29 is 4.84 Å². The molecule has 3 aromatic rings. The Morgan fingerprint density at radius 3 is 1.12 bits per heavy atom. The van der Waals surface area contributed by atoms with Crippen molar-refractivity contribution in [3.63, 3.8) is 0 Å². The molecule has 0 aliphatic rings. The molecule has 0 saturated carbocycles. The largest absolute Gasteiger partial charge is 0.344 e. The minimum absolute atomic E-state index is 0.379. The minimum Gasteiger partial charge on any atom is -0.344 e. The van der Waals surface area contributed by atoms with Gasteiger partial charge in [-0.15, -0.1) is 0 Å². The van der Waals surface area contributed by atoms with Crippen LogP contribution in [0.5, 0.6) is 5.75 Å². The molecule has 3 heteroatoms. The maximum Gasteiger partial charge on any atom is 0.174 e. The zero-order valence-corrected chi connectivity index (χ0v) is 22.1. The van der Waals surface area contributed by atoms with Crippen LogP contribution in [0, 0.1) is 0 Å². The van der Waals surface area contributed by atoms with Crippen molar-refractivity contribution in [2.45, 2.75) is 79.1 Å². The summed E-state index contributed by atoms with van der Waals surface area (Å²) in [5, 5.41) is 0. The van der Waals surface area contributed by atoms with E-state index in [4.69, 9.17) is 17.3 Å². The highest BCUT2D eigenvalue weighted by Crippen LogP contribution is 2.47. The average molecular weight is 460 g/mol. The third-order valence-corrected chi connectivity index (χ3v) is 6.50. The molecule has 0 bridgehead atoms. The van der Waals surface area contributed by atoms with Gasteiger partial charge in [-0.05, 0) is 61.6 Å². The summed E-state index contributed by atoms with van der Waals surface area (Å²) in [4.78, 5) is 5.96. The molecule has 0 fully saturated rings. The predicted molar refractivity (Wildman–Crippen MR) is 144 cm³/mol. The topological polar surface area (TPSA) is 21.6 Å². The summed E-state index contributed by atoms with van der Waals surface area (Å²) in [5.41, 5.74) is 9.85. The van der Waals surface area contributed by atoms with E-state index in [1.54, 1.807) is 0 Å². The van der Waals surface area contributed by atoms with Crippen LogP contribution in [0.3, 0.4) is 0 Å². The normalized spacial score (nSPS) is 11.6. The minimum atomic E-state index is 0.379. The average Bonchev–Trinajstić information content (AvgIpc) is 2.78. The van der Waals surface area contributed by atoms with E-state index in [0.717, 1.165) is 16.9 Å². The fourth-order valence-corrected chi connectivity index (χ4v) is 4.86. The van der Waals surface area contributed by atoms with Crippen molar-refractivity contribution in [3.05, 3.63) is 76.9 Å². The highest BCUT2D eigenvalue weighted by atomic mass is 32.1. The van der Waals surface area contributed by atoms with Crippen molar-refractivity contribution in [3.8, 4) is 28.0 Å². The molecular formula is C30H37NOS. The summed E-state index contributed by atoms with van der Waals surface area (Å²) in [7, 11) is 0. The lowest BCUT2D eigenvalue weighted by Gasteiger charge is -2.24. The van der Waals surface area contributed by atoms with Crippen LogP contribution >= 0.6 is 0 Å². The first-order chi connectivity index (χ1) is 15.7. The molecule has 33 heavy (non-hydrogen) atoms. The lowest BCUT2D eigenvalue weighted by molar-refractivity contribution is 0.355. The molecule has 0 spiro atoms. The second-order valence-corrected chi connectivity index (χ2v) is 10.2. The quantitative estimate of drug-likeness (QED) is 0.313. The highest BCUT2D eigenvalue weighted by molar-refractivity contribution is 7.47. The van der Waals surface area contributed by atoms with Crippen molar-refractivity contribution in [1.82, 2.24) is 0 Å². The molecule has 0 heterocycles. The van der Waals surface area contributed by atoms with E-state index in [0.29, 0.717) is 23.7 Å². The molecule has 3 aromatic carbocycles. The Kier molecular flexibility index (Phi) is 8.07. The van der Waals surface area contributed by atoms with Crippen molar-refractivity contribution in [2.75, 3.05) is 0 Å². The van der Waals surface area contributed by atoms with Gasteiger partial charge in [0.25, 0.3) is 0 Å². The Morgan fingerprint density at radius 1 is 0.545 bits per heavy atom. The van der Waals surface area contributed by atoms with Gasteiger partial charge in [0.2, 0.25) is 0 Å². The van der Waals surface area contributed by atoms with Crippen molar-refractivity contribution in [1.29, 1.82) is 0 Å². The lowest BCUT2D eigenvalue weighted by atomic mass is 9.81. The second-order valence-electron chi connectivity index (χ2n) is 10.1. The fourth-order valence-electron chi connectivity index (χ4n) is 4.79. The third-order valence-electron chi connectivity index (χ3n) is 6.43. The fraction of sp³-hybridized carbons (Fsp3) is 0.400. The third kappa shape index (κ3) is 5.04. The Labute approximate surface area is 205 Å². The van der Waals surface area contributed by atoms with Crippen LogP contribution in [0.25, 0.3) is 22.3 Å². The molecule has 0 unspecified atom stereocenters. The first kappa shape index (κ1) is 25.1. The monoisotopic (exact) mass is 459 g/mol. The van der Waals surface area contributed by atoms with Gasteiger partial charge < -0.3 is 4.84 Å². The molecule has 0 radical (unpaired) electrons. The summed E-state index contributed by atoms with van der Waals surface area (Å²) in [6.07, 6.45) is 0. The Bertz CT molecular complexity index is 994. The van der Waals surface area contributed by atoms with E-state index >= 15 is 0 Å². The van der Waals surface area contributed by atoms with E-state index in [-0.39, 0.29) is 0 Å². The van der Waals surface area contributed by atoms with E-state index < -0.39 is 0 Å². The summed E-state index contributed by atoms with van der Waals surface area (Å²) >= 11 is 4.99. The molecule has 0 aromatic heterocycles. The summed E-state index contributed by atoms with van der Waals surface area (Å²) < 4.78 is 3.76. The SMILES string of the molecule is CC(C)c1cccc(C(C)C)c1-c1cccc(-c2c(C(C)C)cccc2C(C)C)c1ON=S. The predicted octanol–water partition coefficient (Wildman–Crippen LogP) is 9.54. The first-order valence-corrected chi connectivity index (χ1v) is 12.4. The maximum absolute atomic E-state index is 5.96. The molecule has 0 aliphatic heterocycles. The van der Waals surface area contributed by atoms with Gasteiger partial charge in [0.05, 0.1) is 12.4 Å². The van der Waals surface area contributed by atoms with Crippen molar-refractivity contribution >= 4 is 12.4 Å². The number of rotatable bonds is 8. The van der Waals surface area contributed by atoms with Gasteiger partial charge in [0.15, 0.2) is 5.75 Å².